The predicted molar refractivity (Wildman–Crippen MR) is 133 cm³/mol. The zero-order valence-corrected chi connectivity index (χ0v) is 19.4. The maximum absolute atomic E-state index is 10.7. The molecule has 0 aliphatic carbocycles. The molecule has 1 aromatic heterocycles. The van der Waals surface area contributed by atoms with E-state index in [4.69, 9.17) is 14.5 Å². The summed E-state index contributed by atoms with van der Waals surface area (Å²) in [7, 11) is 0. The van der Waals surface area contributed by atoms with Crippen LogP contribution in [0.25, 0.3) is 22.2 Å². The van der Waals surface area contributed by atoms with Crippen LogP contribution < -0.4 is 10.1 Å². The number of fused-ring (bicyclic) bond motifs is 1. The number of hydrogen-bond donors (Lipinski definition) is 4. The van der Waals surface area contributed by atoms with Gasteiger partial charge in [-0.2, -0.15) is 0 Å². The lowest BCUT2D eigenvalue weighted by Crippen LogP contribution is -2.33. The lowest BCUT2D eigenvalue weighted by molar-refractivity contribution is -0.0499. The van der Waals surface area contributed by atoms with Crippen LogP contribution in [-0.4, -0.2) is 56.4 Å². The molecule has 8 nitrogen and oxygen atoms in total. The molecule has 0 spiro atoms. The molecular weight excluding hydrogens is 446 g/mol. The van der Waals surface area contributed by atoms with Gasteiger partial charge in [-0.25, -0.2) is 4.98 Å². The summed E-state index contributed by atoms with van der Waals surface area (Å²) in [5, 5.41) is 33.8. The fourth-order valence-electron chi connectivity index (χ4n) is 4.51. The number of hydrogen-bond acceptors (Lipinski definition) is 7. The Morgan fingerprint density at radius 1 is 1.00 bits per heavy atom. The van der Waals surface area contributed by atoms with Crippen molar-refractivity contribution in [1.29, 1.82) is 0 Å². The number of para-hydroxylation sites is 2. The summed E-state index contributed by atoms with van der Waals surface area (Å²) in [5.74, 6) is 1.29. The Labute approximate surface area is 203 Å². The van der Waals surface area contributed by atoms with Crippen molar-refractivity contribution in [3.63, 3.8) is 0 Å². The van der Waals surface area contributed by atoms with Gasteiger partial charge in [0, 0.05) is 12.1 Å². The number of aliphatic hydroxyl groups is 3. The first-order valence-corrected chi connectivity index (χ1v) is 11.7. The molecule has 8 heteroatoms. The van der Waals surface area contributed by atoms with E-state index in [1.807, 2.05) is 67.6 Å². The first kappa shape index (κ1) is 23.3. The van der Waals surface area contributed by atoms with Crippen LogP contribution in [0.2, 0.25) is 0 Å². The fourth-order valence-corrected chi connectivity index (χ4v) is 4.51. The molecule has 4 aromatic rings. The number of nitrogens with zero attached hydrogens (tertiary/aromatic N) is 2. The molecule has 0 unspecified atom stereocenters. The van der Waals surface area contributed by atoms with Gasteiger partial charge in [0.1, 0.15) is 24.1 Å². The van der Waals surface area contributed by atoms with Gasteiger partial charge in [0.25, 0.3) is 0 Å². The van der Waals surface area contributed by atoms with Crippen LogP contribution in [0.4, 0.5) is 5.95 Å². The summed E-state index contributed by atoms with van der Waals surface area (Å²) < 4.78 is 13.5. The zero-order chi connectivity index (χ0) is 24.4. The van der Waals surface area contributed by atoms with Crippen molar-refractivity contribution in [2.24, 2.45) is 0 Å². The van der Waals surface area contributed by atoms with Crippen LogP contribution in [-0.2, 0) is 11.3 Å². The second kappa shape index (κ2) is 10.1. The first-order chi connectivity index (χ1) is 17.1. The standard InChI is InChI=1S/C27H29N3O5/c1-2-34-22-14-17(12-13-19(22)18-8-4-3-5-9-18)15-28-27-29-20-10-6-7-11-21(20)30(27)26-25(33)24(32)23(16-31)35-26/h3-14,23-26,31-33H,2,15-16H2,1H3,(H,28,29)/t23-,24-,25-,26-/m1/s1. The Morgan fingerprint density at radius 3 is 2.51 bits per heavy atom. The molecule has 4 atom stereocenters. The number of nitrogens with one attached hydrogen (secondary N) is 1. The van der Waals surface area contributed by atoms with Crippen molar-refractivity contribution in [1.82, 2.24) is 9.55 Å². The van der Waals surface area contributed by atoms with Crippen LogP contribution >= 0.6 is 0 Å². The molecule has 1 aliphatic heterocycles. The summed E-state index contributed by atoms with van der Waals surface area (Å²) >= 11 is 0. The van der Waals surface area contributed by atoms with Crippen LogP contribution in [0.5, 0.6) is 5.75 Å². The largest absolute Gasteiger partial charge is 0.493 e. The smallest absolute Gasteiger partial charge is 0.206 e. The average Bonchev–Trinajstić information content (AvgIpc) is 3.39. The van der Waals surface area contributed by atoms with Gasteiger partial charge >= 0.3 is 0 Å². The highest BCUT2D eigenvalue weighted by molar-refractivity contribution is 5.79. The molecule has 5 rings (SSSR count). The minimum Gasteiger partial charge on any atom is -0.493 e. The average molecular weight is 476 g/mol. The third-order valence-corrected chi connectivity index (χ3v) is 6.25. The van der Waals surface area contributed by atoms with Crippen molar-refractivity contribution in [3.05, 3.63) is 78.4 Å². The number of imidazole rings is 1. The first-order valence-electron chi connectivity index (χ1n) is 11.7. The van der Waals surface area contributed by atoms with Gasteiger partial charge in [-0.05, 0) is 36.2 Å². The SMILES string of the molecule is CCOc1cc(CNc2nc3ccccc3n2[C@@H]2O[C@H](CO)[C@@H](O)[C@H]2O)ccc1-c1ccccc1. The molecular formula is C27H29N3O5. The molecule has 3 aromatic carbocycles. The van der Waals surface area contributed by atoms with Crippen molar-refractivity contribution in [3.8, 4) is 16.9 Å². The van der Waals surface area contributed by atoms with E-state index in [2.05, 4.69) is 17.4 Å². The molecule has 4 N–H and O–H groups in total. The number of rotatable bonds is 8. The molecule has 1 aliphatic rings. The van der Waals surface area contributed by atoms with Gasteiger partial charge in [0.15, 0.2) is 6.23 Å². The van der Waals surface area contributed by atoms with Crippen molar-refractivity contribution in [2.45, 2.75) is 38.0 Å². The Morgan fingerprint density at radius 2 is 1.77 bits per heavy atom. The fraction of sp³-hybridized carbons (Fsp3) is 0.296. The lowest BCUT2D eigenvalue weighted by atomic mass is 10.0. The topological polar surface area (TPSA) is 109 Å². The quantitative estimate of drug-likeness (QED) is 0.310. The molecule has 0 saturated carbocycles. The molecule has 1 saturated heterocycles. The van der Waals surface area contributed by atoms with E-state index in [0.717, 1.165) is 33.5 Å². The van der Waals surface area contributed by atoms with E-state index >= 15 is 0 Å². The van der Waals surface area contributed by atoms with E-state index in [0.29, 0.717) is 19.1 Å². The Kier molecular flexibility index (Phi) is 6.70. The summed E-state index contributed by atoms with van der Waals surface area (Å²) in [6.45, 7) is 2.58. The lowest BCUT2D eigenvalue weighted by Gasteiger charge is -2.20. The second-order valence-corrected chi connectivity index (χ2v) is 8.51. The van der Waals surface area contributed by atoms with Gasteiger partial charge in [-0.15, -0.1) is 0 Å². The molecule has 182 valence electrons. The highest BCUT2D eigenvalue weighted by atomic mass is 16.6. The van der Waals surface area contributed by atoms with Crippen LogP contribution in [0.3, 0.4) is 0 Å². The summed E-state index contributed by atoms with van der Waals surface area (Å²) in [5.41, 5.74) is 4.57. The molecule has 2 heterocycles. The molecule has 0 radical (unpaired) electrons. The van der Waals surface area contributed by atoms with Crippen LogP contribution in [0, 0.1) is 0 Å². The monoisotopic (exact) mass is 475 g/mol. The number of benzene rings is 3. The van der Waals surface area contributed by atoms with Gasteiger partial charge in [-0.3, -0.25) is 4.57 Å². The molecule has 0 amide bonds. The highest BCUT2D eigenvalue weighted by Gasteiger charge is 2.44. The zero-order valence-electron chi connectivity index (χ0n) is 19.4. The summed E-state index contributed by atoms with van der Waals surface area (Å²) in [4.78, 5) is 4.69. The number of anilines is 1. The van der Waals surface area contributed by atoms with E-state index < -0.39 is 31.1 Å². The minimum absolute atomic E-state index is 0.391. The third kappa shape index (κ3) is 4.49. The van der Waals surface area contributed by atoms with E-state index in [1.165, 1.54) is 0 Å². The highest BCUT2D eigenvalue weighted by Crippen LogP contribution is 2.35. The normalized spacial score (nSPS) is 21.9. The van der Waals surface area contributed by atoms with Crippen LogP contribution in [0.1, 0.15) is 18.7 Å². The Hall–Kier alpha value is -3.43. The van der Waals surface area contributed by atoms with E-state index in [-0.39, 0.29) is 0 Å². The maximum Gasteiger partial charge on any atom is 0.206 e. The predicted octanol–water partition coefficient (Wildman–Crippen LogP) is 3.33. The maximum atomic E-state index is 10.7. The molecule has 35 heavy (non-hydrogen) atoms. The second-order valence-electron chi connectivity index (χ2n) is 8.51. The van der Waals surface area contributed by atoms with Crippen molar-refractivity contribution >= 4 is 17.0 Å². The van der Waals surface area contributed by atoms with Gasteiger partial charge in [0.05, 0.1) is 24.2 Å². The third-order valence-electron chi connectivity index (χ3n) is 6.25. The summed E-state index contributed by atoms with van der Waals surface area (Å²) in [6.07, 6.45) is -4.17. The van der Waals surface area contributed by atoms with E-state index in [9.17, 15) is 15.3 Å². The number of aromatic nitrogens is 2. The number of ether oxygens (including phenoxy) is 2. The Bertz CT molecular complexity index is 1290. The summed E-state index contributed by atoms with van der Waals surface area (Å²) in [6, 6.07) is 23.7. The van der Waals surface area contributed by atoms with Gasteiger partial charge in [-0.1, -0.05) is 54.6 Å². The number of aliphatic hydroxyl groups excluding tert-OH is 3. The van der Waals surface area contributed by atoms with E-state index in [1.54, 1.807) is 4.57 Å². The Balaban J connectivity index is 1.45. The molecule has 1 fully saturated rings. The minimum atomic E-state index is -1.21. The van der Waals surface area contributed by atoms with Crippen molar-refractivity contribution in [2.75, 3.05) is 18.5 Å². The molecule has 0 bridgehead atoms. The van der Waals surface area contributed by atoms with Crippen molar-refractivity contribution < 1.29 is 24.8 Å². The van der Waals surface area contributed by atoms with Crippen LogP contribution in [0.15, 0.2) is 72.8 Å². The van der Waals surface area contributed by atoms with Gasteiger partial charge in [0.2, 0.25) is 5.95 Å². The van der Waals surface area contributed by atoms with Gasteiger partial charge < -0.3 is 30.1 Å².